The second-order valence-electron chi connectivity index (χ2n) is 4.91. The van der Waals surface area contributed by atoms with Crippen molar-refractivity contribution in [2.45, 2.75) is 37.0 Å². The summed E-state index contributed by atoms with van der Waals surface area (Å²) >= 11 is 0. The largest absolute Gasteiger partial charge is 0.385 e. The van der Waals surface area contributed by atoms with E-state index in [-0.39, 0.29) is 0 Å². The molecule has 1 aliphatic rings. The first-order valence-electron chi connectivity index (χ1n) is 6.93. The molecule has 0 aliphatic carbocycles. The number of nitrogens with one attached hydrogen (secondary N) is 2. The second kappa shape index (κ2) is 6.78. The molecule has 0 fully saturated rings. The molecular formula is C15H20N2O2S. The molecule has 0 amide bonds. The van der Waals surface area contributed by atoms with Gasteiger partial charge in [0, 0.05) is 25.2 Å². The van der Waals surface area contributed by atoms with Gasteiger partial charge in [-0.05, 0) is 43.4 Å². The molecule has 20 heavy (non-hydrogen) atoms. The van der Waals surface area contributed by atoms with Crippen LogP contribution in [0, 0.1) is 12.3 Å². The molecule has 5 heteroatoms. The van der Waals surface area contributed by atoms with Gasteiger partial charge in [-0.3, -0.25) is 0 Å². The minimum atomic E-state index is -3.42. The molecule has 2 rings (SSSR count). The van der Waals surface area contributed by atoms with E-state index in [1.165, 1.54) is 5.56 Å². The first-order valence-corrected chi connectivity index (χ1v) is 8.42. The van der Waals surface area contributed by atoms with E-state index in [0.717, 1.165) is 37.9 Å². The summed E-state index contributed by atoms with van der Waals surface area (Å²) in [4.78, 5) is 0.322. The van der Waals surface area contributed by atoms with Crippen LogP contribution in [-0.4, -0.2) is 21.5 Å². The fourth-order valence-electron chi connectivity index (χ4n) is 2.25. The van der Waals surface area contributed by atoms with Gasteiger partial charge in [0.25, 0.3) is 0 Å². The van der Waals surface area contributed by atoms with Crippen LogP contribution in [0.4, 0.5) is 5.69 Å². The third-order valence-corrected chi connectivity index (χ3v) is 4.83. The lowest BCUT2D eigenvalue weighted by atomic mass is 10.0. The molecule has 0 saturated carbocycles. The number of sulfonamides is 1. The van der Waals surface area contributed by atoms with Gasteiger partial charge in [-0.1, -0.05) is 6.07 Å². The number of terminal acetylenes is 1. The topological polar surface area (TPSA) is 58.2 Å². The van der Waals surface area contributed by atoms with Crippen LogP contribution in [0.1, 0.15) is 31.2 Å². The maximum absolute atomic E-state index is 12.2. The third kappa shape index (κ3) is 3.75. The Morgan fingerprint density at radius 3 is 3.00 bits per heavy atom. The Bertz CT molecular complexity index is 603. The molecule has 0 atom stereocenters. The van der Waals surface area contributed by atoms with Crippen molar-refractivity contribution in [2.75, 3.05) is 18.4 Å². The SMILES string of the molecule is C#CCCCCNS(=O)(=O)c1ccc2c(c1)NCCC2. The van der Waals surface area contributed by atoms with Crippen molar-refractivity contribution in [2.24, 2.45) is 0 Å². The molecule has 0 bridgehead atoms. The minimum absolute atomic E-state index is 0.322. The van der Waals surface area contributed by atoms with E-state index >= 15 is 0 Å². The zero-order chi connectivity index (χ0) is 14.4. The van der Waals surface area contributed by atoms with Crippen LogP contribution in [0.5, 0.6) is 0 Å². The molecular weight excluding hydrogens is 272 g/mol. The van der Waals surface area contributed by atoms with Crippen LogP contribution in [0.3, 0.4) is 0 Å². The van der Waals surface area contributed by atoms with E-state index in [0.29, 0.717) is 17.9 Å². The third-order valence-electron chi connectivity index (χ3n) is 3.37. The number of hydrogen-bond acceptors (Lipinski definition) is 3. The van der Waals surface area contributed by atoms with Crippen LogP contribution in [0.15, 0.2) is 23.1 Å². The first kappa shape index (κ1) is 14.9. The Morgan fingerprint density at radius 2 is 2.20 bits per heavy atom. The zero-order valence-electron chi connectivity index (χ0n) is 11.5. The van der Waals surface area contributed by atoms with E-state index in [9.17, 15) is 8.42 Å². The molecule has 1 heterocycles. The Balaban J connectivity index is 2.00. The van der Waals surface area contributed by atoms with E-state index in [1.54, 1.807) is 12.1 Å². The van der Waals surface area contributed by atoms with E-state index < -0.39 is 10.0 Å². The highest BCUT2D eigenvalue weighted by molar-refractivity contribution is 7.89. The molecule has 0 aromatic heterocycles. The van der Waals surface area contributed by atoms with Crippen molar-refractivity contribution in [3.8, 4) is 12.3 Å². The highest BCUT2D eigenvalue weighted by Gasteiger charge is 2.16. The van der Waals surface area contributed by atoms with Crippen molar-refractivity contribution < 1.29 is 8.42 Å². The van der Waals surface area contributed by atoms with E-state index in [1.807, 2.05) is 6.07 Å². The van der Waals surface area contributed by atoms with E-state index in [2.05, 4.69) is 16.0 Å². The Hall–Kier alpha value is -1.51. The molecule has 108 valence electrons. The van der Waals surface area contributed by atoms with Gasteiger partial charge in [-0.25, -0.2) is 13.1 Å². The van der Waals surface area contributed by atoms with Gasteiger partial charge in [0.05, 0.1) is 4.90 Å². The van der Waals surface area contributed by atoms with Crippen LogP contribution in [0.2, 0.25) is 0 Å². The van der Waals surface area contributed by atoms with Crippen molar-refractivity contribution >= 4 is 15.7 Å². The van der Waals surface area contributed by atoms with Crippen LogP contribution in [0.25, 0.3) is 0 Å². The average Bonchev–Trinajstić information content (AvgIpc) is 2.46. The predicted molar refractivity (Wildman–Crippen MR) is 81.1 cm³/mol. The van der Waals surface area contributed by atoms with Gasteiger partial charge in [-0.2, -0.15) is 0 Å². The summed E-state index contributed by atoms with van der Waals surface area (Å²) in [5, 5.41) is 3.24. The summed E-state index contributed by atoms with van der Waals surface area (Å²) in [5.41, 5.74) is 2.12. The Labute approximate surface area is 121 Å². The fourth-order valence-corrected chi connectivity index (χ4v) is 3.35. The lowest BCUT2D eigenvalue weighted by Crippen LogP contribution is -2.25. The van der Waals surface area contributed by atoms with Crippen LogP contribution in [-0.2, 0) is 16.4 Å². The van der Waals surface area contributed by atoms with Crippen molar-refractivity contribution in [3.05, 3.63) is 23.8 Å². The van der Waals surface area contributed by atoms with Gasteiger partial charge in [0.1, 0.15) is 0 Å². The number of unbranched alkanes of at least 4 members (excludes halogenated alkanes) is 2. The zero-order valence-corrected chi connectivity index (χ0v) is 12.3. The van der Waals surface area contributed by atoms with Crippen molar-refractivity contribution in [3.63, 3.8) is 0 Å². The van der Waals surface area contributed by atoms with Crippen molar-refractivity contribution in [1.29, 1.82) is 0 Å². The maximum atomic E-state index is 12.2. The molecule has 4 nitrogen and oxygen atoms in total. The molecule has 1 aliphatic heterocycles. The van der Waals surface area contributed by atoms with Crippen LogP contribution < -0.4 is 10.0 Å². The first-order chi connectivity index (χ1) is 9.63. The second-order valence-corrected chi connectivity index (χ2v) is 6.68. The van der Waals surface area contributed by atoms with Gasteiger partial charge >= 0.3 is 0 Å². The lowest BCUT2D eigenvalue weighted by molar-refractivity contribution is 0.577. The summed E-state index contributed by atoms with van der Waals surface area (Å²) < 4.78 is 27.0. The quantitative estimate of drug-likeness (QED) is 0.624. The smallest absolute Gasteiger partial charge is 0.240 e. The molecule has 0 radical (unpaired) electrons. The summed E-state index contributed by atoms with van der Waals surface area (Å²) in [5.74, 6) is 2.55. The standard InChI is InChI=1S/C15H20N2O2S/c1-2-3-4-5-11-17-20(18,19)14-9-8-13-7-6-10-16-15(13)12-14/h1,8-9,12,16-17H,3-7,10-11H2. The summed E-state index contributed by atoms with van der Waals surface area (Å²) in [6, 6.07) is 5.29. The summed E-state index contributed by atoms with van der Waals surface area (Å²) in [6.45, 7) is 1.32. The average molecular weight is 292 g/mol. The lowest BCUT2D eigenvalue weighted by Gasteiger charge is -2.18. The van der Waals surface area contributed by atoms with E-state index in [4.69, 9.17) is 6.42 Å². The summed E-state index contributed by atoms with van der Waals surface area (Å²) in [6.07, 6.45) is 9.53. The molecule has 0 saturated heterocycles. The number of fused-ring (bicyclic) bond motifs is 1. The predicted octanol–water partition coefficient (Wildman–Crippen LogP) is 2.13. The van der Waals surface area contributed by atoms with Gasteiger partial charge < -0.3 is 5.32 Å². The number of benzene rings is 1. The van der Waals surface area contributed by atoms with Crippen LogP contribution >= 0.6 is 0 Å². The highest BCUT2D eigenvalue weighted by atomic mass is 32.2. The number of anilines is 1. The summed E-state index contributed by atoms with van der Waals surface area (Å²) in [7, 11) is -3.42. The molecule has 1 aromatic carbocycles. The minimum Gasteiger partial charge on any atom is -0.385 e. The maximum Gasteiger partial charge on any atom is 0.240 e. The number of rotatable bonds is 6. The van der Waals surface area contributed by atoms with Gasteiger partial charge in [0.15, 0.2) is 0 Å². The number of hydrogen-bond donors (Lipinski definition) is 2. The van der Waals surface area contributed by atoms with Crippen molar-refractivity contribution in [1.82, 2.24) is 4.72 Å². The molecule has 0 unspecified atom stereocenters. The molecule has 0 spiro atoms. The molecule has 1 aromatic rings. The van der Waals surface area contributed by atoms with Gasteiger partial charge in [0.2, 0.25) is 10.0 Å². The highest BCUT2D eigenvalue weighted by Crippen LogP contribution is 2.25. The Kier molecular flexibility index (Phi) is 5.05. The number of aryl methyl sites for hydroxylation is 1. The Morgan fingerprint density at radius 1 is 1.35 bits per heavy atom. The fraction of sp³-hybridized carbons (Fsp3) is 0.467. The normalized spacial score (nSPS) is 14.2. The van der Waals surface area contributed by atoms with Gasteiger partial charge in [-0.15, -0.1) is 12.3 Å². The molecule has 2 N–H and O–H groups in total. The monoisotopic (exact) mass is 292 g/mol.